The number of hydrogen-bond acceptors (Lipinski definition) is 5. The molecule has 3 aromatic carbocycles. The number of aryl methyl sites for hydroxylation is 1. The van der Waals surface area contributed by atoms with Gasteiger partial charge in [-0.25, -0.2) is 4.85 Å². The van der Waals surface area contributed by atoms with Gasteiger partial charge in [-0.3, -0.25) is 4.79 Å². The van der Waals surface area contributed by atoms with Gasteiger partial charge in [0.15, 0.2) is 11.4 Å². The van der Waals surface area contributed by atoms with Gasteiger partial charge in [-0.1, -0.05) is 24.3 Å². The molecule has 4 aromatic rings. The van der Waals surface area contributed by atoms with E-state index in [1.165, 1.54) is 12.1 Å². The summed E-state index contributed by atoms with van der Waals surface area (Å²) in [5.74, 6) is 0.738. The lowest BCUT2D eigenvalue weighted by atomic mass is 10.0. The van der Waals surface area contributed by atoms with Gasteiger partial charge in [0.2, 0.25) is 0 Å². The Kier molecular flexibility index (Phi) is 8.72. The third kappa shape index (κ3) is 6.94. The van der Waals surface area contributed by atoms with Crippen LogP contribution in [-0.2, 0) is 12.7 Å². The normalized spacial score (nSPS) is 16.9. The number of rotatable bonds is 7. The summed E-state index contributed by atoms with van der Waals surface area (Å²) in [5.41, 5.74) is 3.21. The first-order chi connectivity index (χ1) is 21.7. The molecule has 3 heterocycles. The number of carbonyl (C=O) groups is 1. The molecule has 1 aromatic heterocycles. The number of benzene rings is 3. The topological polar surface area (TPSA) is 62.3 Å². The summed E-state index contributed by atoms with van der Waals surface area (Å²) in [5, 5.41) is 4.01. The number of hydrogen-bond donors (Lipinski definition) is 1. The van der Waals surface area contributed by atoms with Crippen LogP contribution in [0.1, 0.15) is 52.9 Å². The number of alkyl halides is 3. The van der Waals surface area contributed by atoms with E-state index in [2.05, 4.69) is 20.0 Å². The van der Waals surface area contributed by atoms with E-state index in [1.807, 2.05) is 49.4 Å². The van der Waals surface area contributed by atoms with Crippen LogP contribution in [0.5, 0.6) is 5.75 Å². The van der Waals surface area contributed by atoms with Crippen molar-refractivity contribution in [3.8, 4) is 5.75 Å². The molecular weight excluding hydrogens is 581 g/mol. The van der Waals surface area contributed by atoms with E-state index in [4.69, 9.17) is 15.7 Å². The molecule has 2 aliphatic rings. The van der Waals surface area contributed by atoms with Gasteiger partial charge in [0.05, 0.1) is 12.1 Å². The number of nitrogens with one attached hydrogen (secondary N) is 1. The van der Waals surface area contributed by atoms with Crippen molar-refractivity contribution in [3.05, 3.63) is 101 Å². The van der Waals surface area contributed by atoms with Crippen molar-refractivity contribution >= 4 is 28.3 Å². The number of halogens is 3. The third-order valence-electron chi connectivity index (χ3n) is 8.85. The van der Waals surface area contributed by atoms with E-state index in [9.17, 15) is 18.0 Å². The predicted octanol–water partition coefficient (Wildman–Crippen LogP) is 7.75. The van der Waals surface area contributed by atoms with Crippen LogP contribution in [0, 0.1) is 13.5 Å². The molecule has 7 nitrogen and oxygen atoms in total. The van der Waals surface area contributed by atoms with Gasteiger partial charge in [-0.15, -0.1) is 0 Å². The maximum absolute atomic E-state index is 13.2. The van der Waals surface area contributed by atoms with Gasteiger partial charge in [-0.05, 0) is 61.7 Å². The van der Waals surface area contributed by atoms with Gasteiger partial charge in [-0.2, -0.15) is 13.2 Å². The number of para-hydroxylation sites is 1. The Hall–Kier alpha value is -4.49. The smallest absolute Gasteiger partial charge is 0.416 e. The maximum Gasteiger partial charge on any atom is 0.416 e. The molecule has 0 unspecified atom stereocenters. The monoisotopic (exact) mass is 616 g/mol. The van der Waals surface area contributed by atoms with Crippen molar-refractivity contribution in [2.45, 2.75) is 57.5 Å². The molecule has 1 N–H and O–H groups in total. The summed E-state index contributed by atoms with van der Waals surface area (Å²) in [6.45, 7) is 13.0. The lowest BCUT2D eigenvalue weighted by Crippen LogP contribution is -2.44. The third-order valence-corrected chi connectivity index (χ3v) is 8.85. The second kappa shape index (κ2) is 12.9. The summed E-state index contributed by atoms with van der Waals surface area (Å²) >= 11 is 0. The predicted molar refractivity (Wildman–Crippen MR) is 167 cm³/mol. The molecule has 45 heavy (non-hydrogen) atoms. The molecule has 234 valence electrons. The molecule has 0 spiro atoms. The molecule has 6 rings (SSSR count). The van der Waals surface area contributed by atoms with E-state index in [0.717, 1.165) is 79.7 Å². The van der Waals surface area contributed by atoms with Crippen LogP contribution in [0.4, 0.5) is 24.5 Å². The molecule has 0 saturated carbocycles. The zero-order chi connectivity index (χ0) is 31.6. The van der Waals surface area contributed by atoms with Gasteiger partial charge >= 0.3 is 6.18 Å². The molecule has 0 aliphatic carbocycles. The van der Waals surface area contributed by atoms with Crippen molar-refractivity contribution in [1.82, 2.24) is 10.2 Å². The van der Waals surface area contributed by atoms with Crippen LogP contribution in [0.15, 0.2) is 71.1 Å². The minimum Gasteiger partial charge on any atom is -0.490 e. The number of carbonyl (C=O) groups excluding carboxylic acids is 1. The quantitative estimate of drug-likeness (QED) is 0.215. The van der Waals surface area contributed by atoms with Crippen LogP contribution in [-0.4, -0.2) is 49.1 Å². The highest BCUT2D eigenvalue weighted by molar-refractivity contribution is 5.99. The second-order valence-electron chi connectivity index (χ2n) is 11.8. The number of piperidine rings is 2. The van der Waals surface area contributed by atoms with Crippen molar-refractivity contribution in [1.29, 1.82) is 0 Å². The van der Waals surface area contributed by atoms with Crippen molar-refractivity contribution in [2.75, 3.05) is 31.1 Å². The van der Waals surface area contributed by atoms with Crippen LogP contribution in [0.2, 0.25) is 0 Å². The Labute approximate surface area is 260 Å². The number of furan rings is 1. The summed E-state index contributed by atoms with van der Waals surface area (Å²) in [4.78, 5) is 21.2. The fourth-order valence-corrected chi connectivity index (χ4v) is 6.26. The Morgan fingerprint density at radius 3 is 2.40 bits per heavy atom. The number of anilines is 1. The molecule has 0 atom stereocenters. The largest absolute Gasteiger partial charge is 0.490 e. The Morgan fingerprint density at radius 2 is 1.71 bits per heavy atom. The number of fused-ring (bicyclic) bond motifs is 1. The summed E-state index contributed by atoms with van der Waals surface area (Å²) in [6, 6.07) is 18.6. The molecule has 1 amide bonds. The first-order valence-electron chi connectivity index (χ1n) is 15.3. The molecule has 2 fully saturated rings. The maximum atomic E-state index is 13.2. The van der Waals surface area contributed by atoms with Gasteiger partial charge in [0.25, 0.3) is 5.91 Å². The summed E-state index contributed by atoms with van der Waals surface area (Å²) < 4.78 is 51.0. The first-order valence-corrected chi connectivity index (χ1v) is 15.3. The number of nitrogens with zero attached hydrogens (tertiary/aromatic N) is 3. The van der Waals surface area contributed by atoms with E-state index < -0.39 is 11.7 Å². The standard InChI is InChI=1S/C35H35F3N4O3/c1-23-30-12-11-29(44-28-15-19-42(20-16-28)27-9-7-25(8-10-27)35(36,37)38)21-32(30)45-33(23)34(43)40-26-13-17-41(18-14-26)22-24-5-3-4-6-31(24)39-2/h3-12,21,26,28H,13-20,22H2,1H3,(H,40,43). The summed E-state index contributed by atoms with van der Waals surface area (Å²) in [7, 11) is 0. The molecule has 2 saturated heterocycles. The minimum atomic E-state index is -4.34. The molecular formula is C35H35F3N4O3. The second-order valence-corrected chi connectivity index (χ2v) is 11.8. The molecule has 0 bridgehead atoms. The van der Waals surface area contributed by atoms with E-state index in [0.29, 0.717) is 35.9 Å². The molecule has 10 heteroatoms. The summed E-state index contributed by atoms with van der Waals surface area (Å²) in [6.07, 6.45) is -1.27. The van der Waals surface area contributed by atoms with Crippen LogP contribution < -0.4 is 15.0 Å². The van der Waals surface area contributed by atoms with Crippen LogP contribution >= 0.6 is 0 Å². The van der Waals surface area contributed by atoms with E-state index in [1.54, 1.807) is 0 Å². The van der Waals surface area contributed by atoms with Crippen LogP contribution in [0.3, 0.4) is 0 Å². The fraction of sp³-hybridized carbons (Fsp3) is 0.371. The average Bonchev–Trinajstić information content (AvgIpc) is 3.37. The SMILES string of the molecule is [C-]#[N+]c1ccccc1CN1CCC(NC(=O)c2oc3cc(OC4CCN(c5ccc(C(F)(F)F)cc5)CC4)ccc3c2C)CC1. The highest BCUT2D eigenvalue weighted by Gasteiger charge is 2.31. The Bertz CT molecular complexity index is 1690. The lowest BCUT2D eigenvalue weighted by Gasteiger charge is -2.33. The number of ether oxygens (including phenoxy) is 1. The van der Waals surface area contributed by atoms with Gasteiger partial charge < -0.3 is 24.3 Å². The first kappa shape index (κ1) is 30.5. The molecule has 0 radical (unpaired) electrons. The van der Waals surface area contributed by atoms with Crippen molar-refractivity contribution in [2.24, 2.45) is 0 Å². The Morgan fingerprint density at radius 1 is 1.00 bits per heavy atom. The van der Waals surface area contributed by atoms with Gasteiger partial charge in [0.1, 0.15) is 17.4 Å². The minimum absolute atomic E-state index is 0.0345. The Balaban J connectivity index is 1.01. The van der Waals surface area contributed by atoms with Gasteiger partial charge in [0, 0.05) is 74.3 Å². The highest BCUT2D eigenvalue weighted by atomic mass is 19.4. The highest BCUT2D eigenvalue weighted by Crippen LogP contribution is 2.33. The molecule has 2 aliphatic heterocycles. The number of likely N-dealkylation sites (tertiary alicyclic amines) is 1. The van der Waals surface area contributed by atoms with Crippen molar-refractivity contribution < 1.29 is 27.1 Å². The van der Waals surface area contributed by atoms with E-state index in [-0.39, 0.29) is 18.1 Å². The van der Waals surface area contributed by atoms with Crippen LogP contribution in [0.25, 0.3) is 15.8 Å². The average molecular weight is 617 g/mol. The van der Waals surface area contributed by atoms with Crippen molar-refractivity contribution in [3.63, 3.8) is 0 Å². The number of amides is 1. The zero-order valence-corrected chi connectivity index (χ0v) is 25.1. The van der Waals surface area contributed by atoms with E-state index >= 15 is 0 Å². The lowest BCUT2D eigenvalue weighted by molar-refractivity contribution is -0.137. The zero-order valence-electron chi connectivity index (χ0n) is 25.1. The fourth-order valence-electron chi connectivity index (χ4n) is 6.26.